The Morgan fingerprint density at radius 2 is 1.71 bits per heavy atom. The standard InChI is InChI=1S/C16H26N2O3/c1-17(12-6-4-7-12)16(21)18-13-8-3-2-5-11(13)9-10-14(18)15(19)20/h11-14H,2-10H2,1H3,(H,19,20). The van der Waals surface area contributed by atoms with Gasteiger partial charge in [-0.05, 0) is 50.9 Å². The summed E-state index contributed by atoms with van der Waals surface area (Å²) in [6.45, 7) is 0. The molecular weight excluding hydrogens is 268 g/mol. The molecule has 0 bridgehead atoms. The van der Waals surface area contributed by atoms with E-state index in [9.17, 15) is 14.7 Å². The van der Waals surface area contributed by atoms with Crippen LogP contribution in [0.3, 0.4) is 0 Å². The van der Waals surface area contributed by atoms with Gasteiger partial charge in [-0.2, -0.15) is 0 Å². The van der Waals surface area contributed by atoms with Crippen molar-refractivity contribution in [2.75, 3.05) is 7.05 Å². The van der Waals surface area contributed by atoms with E-state index in [4.69, 9.17) is 0 Å². The second-order valence-electron chi connectivity index (χ2n) is 6.93. The van der Waals surface area contributed by atoms with Crippen LogP contribution >= 0.6 is 0 Å². The van der Waals surface area contributed by atoms with Crippen molar-refractivity contribution in [2.45, 2.75) is 75.9 Å². The molecule has 0 radical (unpaired) electrons. The van der Waals surface area contributed by atoms with Crippen LogP contribution in [-0.4, -0.2) is 52.1 Å². The molecule has 2 aliphatic carbocycles. The predicted octanol–water partition coefficient (Wildman–Crippen LogP) is 2.70. The second-order valence-corrected chi connectivity index (χ2v) is 6.93. The van der Waals surface area contributed by atoms with Crippen LogP contribution in [0.4, 0.5) is 4.79 Å². The van der Waals surface area contributed by atoms with Gasteiger partial charge in [0.05, 0.1) is 0 Å². The number of nitrogens with zero attached hydrogens (tertiary/aromatic N) is 2. The Hall–Kier alpha value is -1.26. The van der Waals surface area contributed by atoms with Crippen molar-refractivity contribution < 1.29 is 14.7 Å². The number of amides is 2. The molecule has 1 aliphatic heterocycles. The molecule has 0 spiro atoms. The minimum absolute atomic E-state index is 0.0521. The van der Waals surface area contributed by atoms with Crippen molar-refractivity contribution in [3.8, 4) is 0 Å². The lowest BCUT2D eigenvalue weighted by Crippen LogP contribution is -2.61. The van der Waals surface area contributed by atoms with E-state index in [0.717, 1.165) is 38.5 Å². The Labute approximate surface area is 126 Å². The lowest BCUT2D eigenvalue weighted by molar-refractivity contribution is -0.146. The number of piperidine rings is 1. The molecule has 3 unspecified atom stereocenters. The smallest absolute Gasteiger partial charge is 0.326 e. The van der Waals surface area contributed by atoms with E-state index in [1.807, 2.05) is 7.05 Å². The molecule has 1 heterocycles. The van der Waals surface area contributed by atoms with Gasteiger partial charge in [0.2, 0.25) is 0 Å². The first-order chi connectivity index (χ1) is 10.1. The summed E-state index contributed by atoms with van der Waals surface area (Å²) in [5.41, 5.74) is 0. The largest absolute Gasteiger partial charge is 0.480 e. The van der Waals surface area contributed by atoms with Crippen molar-refractivity contribution in [1.82, 2.24) is 9.80 Å². The summed E-state index contributed by atoms with van der Waals surface area (Å²) in [5.74, 6) is -0.331. The molecule has 5 nitrogen and oxygen atoms in total. The van der Waals surface area contributed by atoms with Crippen molar-refractivity contribution in [1.29, 1.82) is 0 Å². The minimum atomic E-state index is -0.839. The quantitative estimate of drug-likeness (QED) is 0.851. The van der Waals surface area contributed by atoms with E-state index in [0.29, 0.717) is 18.4 Å². The minimum Gasteiger partial charge on any atom is -0.480 e. The van der Waals surface area contributed by atoms with Gasteiger partial charge in [0.15, 0.2) is 0 Å². The van der Waals surface area contributed by atoms with Crippen molar-refractivity contribution >= 4 is 12.0 Å². The third-order valence-electron chi connectivity index (χ3n) is 5.80. The number of aliphatic carboxylic acids is 1. The number of urea groups is 1. The molecule has 1 saturated heterocycles. The van der Waals surface area contributed by atoms with E-state index in [2.05, 4.69) is 0 Å². The fraction of sp³-hybridized carbons (Fsp3) is 0.875. The Kier molecular flexibility index (Phi) is 4.09. The number of rotatable bonds is 2. The van der Waals surface area contributed by atoms with Gasteiger partial charge in [-0.3, -0.25) is 0 Å². The first kappa shape index (κ1) is 14.7. The van der Waals surface area contributed by atoms with Crippen LogP contribution in [0.25, 0.3) is 0 Å². The summed E-state index contributed by atoms with van der Waals surface area (Å²) in [6.07, 6.45) is 9.32. The van der Waals surface area contributed by atoms with Gasteiger partial charge in [0.1, 0.15) is 6.04 Å². The Morgan fingerprint density at radius 1 is 1.00 bits per heavy atom. The Bertz CT molecular complexity index is 422. The third-order valence-corrected chi connectivity index (χ3v) is 5.80. The van der Waals surface area contributed by atoms with Crippen molar-refractivity contribution in [2.24, 2.45) is 5.92 Å². The van der Waals surface area contributed by atoms with Gasteiger partial charge in [-0.25, -0.2) is 9.59 Å². The first-order valence-corrected chi connectivity index (χ1v) is 8.37. The van der Waals surface area contributed by atoms with Gasteiger partial charge in [-0.1, -0.05) is 12.8 Å². The topological polar surface area (TPSA) is 60.9 Å². The summed E-state index contributed by atoms with van der Waals surface area (Å²) < 4.78 is 0. The van der Waals surface area contributed by atoms with Gasteiger partial charge < -0.3 is 14.9 Å². The maximum absolute atomic E-state index is 12.9. The van der Waals surface area contributed by atoms with Crippen LogP contribution in [0.5, 0.6) is 0 Å². The molecule has 3 fully saturated rings. The van der Waals surface area contributed by atoms with Crippen LogP contribution in [0.15, 0.2) is 0 Å². The van der Waals surface area contributed by atoms with Gasteiger partial charge in [0, 0.05) is 19.1 Å². The van der Waals surface area contributed by atoms with Gasteiger partial charge in [-0.15, -0.1) is 0 Å². The summed E-state index contributed by atoms with van der Waals surface area (Å²) in [5, 5.41) is 9.53. The number of hydrogen-bond acceptors (Lipinski definition) is 2. The highest BCUT2D eigenvalue weighted by atomic mass is 16.4. The highest BCUT2D eigenvalue weighted by molar-refractivity contribution is 5.83. The van der Waals surface area contributed by atoms with E-state index in [-0.39, 0.29) is 12.1 Å². The molecule has 3 rings (SSSR count). The Balaban J connectivity index is 1.81. The lowest BCUT2D eigenvalue weighted by Gasteiger charge is -2.49. The summed E-state index contributed by atoms with van der Waals surface area (Å²) in [7, 11) is 1.84. The number of fused-ring (bicyclic) bond motifs is 1. The summed E-state index contributed by atoms with van der Waals surface area (Å²) >= 11 is 0. The number of carbonyl (C=O) groups is 2. The zero-order chi connectivity index (χ0) is 15.0. The molecule has 2 amide bonds. The van der Waals surface area contributed by atoms with Crippen molar-refractivity contribution in [3.05, 3.63) is 0 Å². The fourth-order valence-electron chi connectivity index (χ4n) is 4.26. The van der Waals surface area contributed by atoms with E-state index < -0.39 is 12.0 Å². The summed E-state index contributed by atoms with van der Waals surface area (Å²) in [6, 6.07) is -0.220. The predicted molar refractivity (Wildman–Crippen MR) is 79.0 cm³/mol. The molecule has 2 saturated carbocycles. The molecule has 0 aromatic carbocycles. The van der Waals surface area contributed by atoms with E-state index in [1.165, 1.54) is 12.8 Å². The highest BCUT2D eigenvalue weighted by Crippen LogP contribution is 2.39. The van der Waals surface area contributed by atoms with E-state index >= 15 is 0 Å². The first-order valence-electron chi connectivity index (χ1n) is 8.37. The number of carboxylic acid groups (broad SMARTS) is 1. The van der Waals surface area contributed by atoms with Gasteiger partial charge in [0.25, 0.3) is 0 Å². The summed E-state index contributed by atoms with van der Waals surface area (Å²) in [4.78, 5) is 28.0. The number of likely N-dealkylation sites (tertiary alicyclic amines) is 1. The maximum atomic E-state index is 12.9. The maximum Gasteiger partial charge on any atom is 0.326 e. The molecule has 3 atom stereocenters. The van der Waals surface area contributed by atoms with Crippen LogP contribution in [0.1, 0.15) is 57.8 Å². The number of carboxylic acids is 1. The molecule has 5 heteroatoms. The Morgan fingerprint density at radius 3 is 2.33 bits per heavy atom. The zero-order valence-corrected chi connectivity index (χ0v) is 12.8. The van der Waals surface area contributed by atoms with Crippen LogP contribution in [0.2, 0.25) is 0 Å². The molecule has 0 aromatic heterocycles. The zero-order valence-electron chi connectivity index (χ0n) is 12.8. The molecule has 21 heavy (non-hydrogen) atoms. The molecule has 118 valence electrons. The second kappa shape index (κ2) is 5.85. The number of carbonyl (C=O) groups excluding carboxylic acids is 1. The van der Waals surface area contributed by atoms with E-state index in [1.54, 1.807) is 9.80 Å². The van der Waals surface area contributed by atoms with Crippen LogP contribution in [-0.2, 0) is 4.79 Å². The SMILES string of the molecule is CN(C(=O)N1C(C(=O)O)CCC2CCCCC21)C1CCC1. The molecule has 0 aromatic rings. The molecule has 1 N–H and O–H groups in total. The monoisotopic (exact) mass is 294 g/mol. The third kappa shape index (κ3) is 2.62. The van der Waals surface area contributed by atoms with Crippen molar-refractivity contribution in [3.63, 3.8) is 0 Å². The average molecular weight is 294 g/mol. The lowest BCUT2D eigenvalue weighted by atomic mass is 9.76. The molecule has 3 aliphatic rings. The average Bonchev–Trinajstić information content (AvgIpc) is 2.43. The van der Waals surface area contributed by atoms with Crippen LogP contribution in [0, 0.1) is 5.92 Å². The normalized spacial score (nSPS) is 33.0. The van der Waals surface area contributed by atoms with Crippen LogP contribution < -0.4 is 0 Å². The molecular formula is C16H26N2O3. The highest BCUT2D eigenvalue weighted by Gasteiger charge is 2.45. The number of hydrogen-bond donors (Lipinski definition) is 1. The fourth-order valence-corrected chi connectivity index (χ4v) is 4.26. The van der Waals surface area contributed by atoms with Gasteiger partial charge >= 0.3 is 12.0 Å².